The van der Waals surface area contributed by atoms with Crippen molar-refractivity contribution in [1.82, 2.24) is 0 Å². The molecule has 0 amide bonds. The highest BCUT2D eigenvalue weighted by Crippen LogP contribution is 2.45. The van der Waals surface area contributed by atoms with E-state index in [1.54, 1.807) is 0 Å². The maximum atomic E-state index is 13.0. The van der Waals surface area contributed by atoms with Crippen molar-refractivity contribution in [2.75, 3.05) is 39.6 Å². The zero-order valence-corrected chi connectivity index (χ0v) is 59.0. The Balaban J connectivity index is 5.21. The summed E-state index contributed by atoms with van der Waals surface area (Å²) in [6.07, 6.45) is 43.1. The molecule has 0 aromatic carbocycles. The highest BCUT2D eigenvalue weighted by Gasteiger charge is 2.30. The summed E-state index contributed by atoms with van der Waals surface area (Å²) in [6.45, 7) is 11.8. The Morgan fingerprint density at radius 2 is 0.580 bits per heavy atom. The van der Waals surface area contributed by atoms with Crippen molar-refractivity contribution in [2.24, 2.45) is 17.8 Å². The minimum Gasteiger partial charge on any atom is -0.462 e. The van der Waals surface area contributed by atoms with Gasteiger partial charge in [-0.15, -0.1) is 0 Å². The van der Waals surface area contributed by atoms with Gasteiger partial charge in [-0.3, -0.25) is 37.3 Å². The van der Waals surface area contributed by atoms with Gasteiger partial charge in [0.1, 0.15) is 19.3 Å². The lowest BCUT2D eigenvalue weighted by Crippen LogP contribution is -2.30. The maximum Gasteiger partial charge on any atom is 0.472 e. The highest BCUT2D eigenvalue weighted by atomic mass is 31.2. The fourth-order valence-corrected chi connectivity index (χ4v) is 11.9. The predicted molar refractivity (Wildman–Crippen MR) is 354 cm³/mol. The van der Waals surface area contributed by atoms with Crippen LogP contribution in [0.3, 0.4) is 0 Å². The first-order valence-electron chi connectivity index (χ1n) is 35.9. The van der Waals surface area contributed by atoms with Crippen LogP contribution in [0.2, 0.25) is 0 Å². The number of carbonyl (C=O) groups excluding carboxylic acids is 4. The number of rotatable bonds is 67. The second-order valence-corrected chi connectivity index (χ2v) is 28.8. The van der Waals surface area contributed by atoms with Crippen LogP contribution in [0, 0.1) is 17.8 Å². The summed E-state index contributed by atoms with van der Waals surface area (Å²) in [7, 11) is -9.90. The van der Waals surface area contributed by atoms with Crippen LogP contribution in [0.4, 0.5) is 0 Å². The largest absolute Gasteiger partial charge is 0.472 e. The van der Waals surface area contributed by atoms with Crippen molar-refractivity contribution in [3.8, 4) is 0 Å². The Kier molecular flexibility index (Phi) is 58.7. The monoisotopic (exact) mass is 1300 g/mol. The van der Waals surface area contributed by atoms with Crippen molar-refractivity contribution < 1.29 is 80.2 Å². The Morgan fingerprint density at radius 1 is 0.330 bits per heavy atom. The molecular formula is C69H134O17P2. The number of phosphoric ester groups is 2. The average Bonchev–Trinajstić information content (AvgIpc) is 3.70. The van der Waals surface area contributed by atoms with Crippen LogP contribution in [0.5, 0.6) is 0 Å². The SMILES string of the molecule is CCCCCCCCCCC(=O)OC[C@H](COP(=O)(O)OC[C@H](O)COP(=O)(O)OC[C@@H](COC(=O)CCCCCCCCCCCC(C)C)OC(=O)CCCCCCCCCCCCCCCCC(C)CC)OC(=O)CCCCCCCCC(C)CC. The normalized spacial score (nSPS) is 14.9. The lowest BCUT2D eigenvalue weighted by Gasteiger charge is -2.21. The Labute approximate surface area is 537 Å². The third-order valence-corrected chi connectivity index (χ3v) is 18.5. The topological polar surface area (TPSA) is 237 Å². The summed E-state index contributed by atoms with van der Waals surface area (Å²) < 4.78 is 68.1. The van der Waals surface area contributed by atoms with Crippen molar-refractivity contribution in [1.29, 1.82) is 0 Å². The second kappa shape index (κ2) is 60.0. The van der Waals surface area contributed by atoms with E-state index in [2.05, 4.69) is 48.5 Å². The predicted octanol–water partition coefficient (Wildman–Crippen LogP) is 19.5. The number of ether oxygens (including phenoxy) is 4. The summed E-state index contributed by atoms with van der Waals surface area (Å²) in [4.78, 5) is 72.4. The van der Waals surface area contributed by atoms with E-state index in [0.29, 0.717) is 25.7 Å². The van der Waals surface area contributed by atoms with E-state index in [-0.39, 0.29) is 25.7 Å². The van der Waals surface area contributed by atoms with E-state index in [9.17, 15) is 43.2 Å². The Bertz CT molecular complexity index is 1740. The van der Waals surface area contributed by atoms with Gasteiger partial charge < -0.3 is 33.8 Å². The summed E-state index contributed by atoms with van der Waals surface area (Å²) >= 11 is 0. The molecule has 7 atom stereocenters. The van der Waals surface area contributed by atoms with E-state index >= 15 is 0 Å². The molecule has 522 valence electrons. The van der Waals surface area contributed by atoms with Gasteiger partial charge in [0, 0.05) is 25.7 Å². The maximum absolute atomic E-state index is 13.0. The van der Waals surface area contributed by atoms with Gasteiger partial charge in [0.25, 0.3) is 0 Å². The molecule has 0 fully saturated rings. The minimum atomic E-state index is -4.95. The molecule has 0 aliphatic heterocycles. The van der Waals surface area contributed by atoms with Crippen LogP contribution in [-0.2, 0) is 65.4 Å². The minimum absolute atomic E-state index is 0.102. The lowest BCUT2D eigenvalue weighted by molar-refractivity contribution is -0.161. The molecule has 88 heavy (non-hydrogen) atoms. The van der Waals surface area contributed by atoms with Crippen molar-refractivity contribution in [2.45, 2.75) is 362 Å². The molecule has 0 heterocycles. The molecule has 0 rings (SSSR count). The van der Waals surface area contributed by atoms with Crippen LogP contribution in [0.1, 0.15) is 344 Å². The first-order valence-corrected chi connectivity index (χ1v) is 38.9. The summed E-state index contributed by atoms with van der Waals surface area (Å²) in [5.74, 6) is 0.177. The van der Waals surface area contributed by atoms with Crippen LogP contribution >= 0.6 is 15.6 Å². The molecule has 0 spiro atoms. The first kappa shape index (κ1) is 86.1. The summed E-state index contributed by atoms with van der Waals surface area (Å²) in [5.41, 5.74) is 0. The van der Waals surface area contributed by atoms with Crippen LogP contribution in [-0.4, -0.2) is 96.7 Å². The third-order valence-electron chi connectivity index (χ3n) is 16.6. The molecule has 0 bridgehead atoms. The van der Waals surface area contributed by atoms with Gasteiger partial charge in [-0.2, -0.15) is 0 Å². The number of hydrogen-bond donors (Lipinski definition) is 3. The fourth-order valence-electron chi connectivity index (χ4n) is 10.3. The van der Waals surface area contributed by atoms with Gasteiger partial charge in [-0.25, -0.2) is 9.13 Å². The standard InChI is InChI=1S/C69H134O17P2/c1-8-11-12-13-14-28-36-43-50-66(71)79-57-65(86-69(74)53-46-39-32-31-35-42-49-62(7)10-3)59-84-88(77,78)82-55-63(70)54-81-87(75,76)83-58-64(56-80-67(72)51-44-37-29-25-21-22-26-33-40-47-60(4)5)85-68(73)52-45-38-30-24-20-18-16-15-17-19-23-27-34-41-48-61(6)9-2/h60-65,70H,8-59H2,1-7H3,(H,75,76)(H,77,78)/t61?,62?,63-,64-,65-/m1/s1. The number of aliphatic hydroxyl groups excluding tert-OH is 1. The van der Waals surface area contributed by atoms with E-state index in [4.69, 9.17) is 37.0 Å². The quantitative estimate of drug-likeness (QED) is 0.0222. The number of unbranched alkanes of at least 4 members (excludes halogenated alkanes) is 33. The summed E-state index contributed by atoms with van der Waals surface area (Å²) in [5, 5.41) is 10.6. The molecule has 0 aromatic rings. The molecule has 0 saturated carbocycles. The molecule has 0 radical (unpaired) electrons. The fraction of sp³-hybridized carbons (Fsp3) is 0.942. The van der Waals surface area contributed by atoms with Gasteiger partial charge in [0.05, 0.1) is 26.4 Å². The number of aliphatic hydroxyl groups is 1. The second-order valence-electron chi connectivity index (χ2n) is 25.9. The first-order chi connectivity index (χ1) is 42.3. The lowest BCUT2D eigenvalue weighted by atomic mass is 9.99. The van der Waals surface area contributed by atoms with E-state index in [0.717, 1.165) is 114 Å². The number of carbonyl (C=O) groups is 4. The third kappa shape index (κ3) is 60.3. The van der Waals surface area contributed by atoms with Gasteiger partial charge in [0.15, 0.2) is 12.2 Å². The molecule has 0 saturated heterocycles. The molecule has 4 unspecified atom stereocenters. The van der Waals surface area contributed by atoms with Crippen LogP contribution < -0.4 is 0 Å². The molecule has 17 nitrogen and oxygen atoms in total. The number of esters is 4. The zero-order chi connectivity index (χ0) is 65.2. The van der Waals surface area contributed by atoms with Crippen LogP contribution in [0.25, 0.3) is 0 Å². The molecule has 19 heteroatoms. The zero-order valence-electron chi connectivity index (χ0n) is 57.2. The number of hydrogen-bond acceptors (Lipinski definition) is 15. The molecule has 3 N–H and O–H groups in total. The molecule has 0 aliphatic carbocycles. The van der Waals surface area contributed by atoms with Crippen molar-refractivity contribution in [3.63, 3.8) is 0 Å². The molecular weight excluding hydrogens is 1160 g/mol. The van der Waals surface area contributed by atoms with Crippen LogP contribution in [0.15, 0.2) is 0 Å². The average molecular weight is 1300 g/mol. The molecule has 0 aromatic heterocycles. The highest BCUT2D eigenvalue weighted by molar-refractivity contribution is 7.47. The number of phosphoric acid groups is 2. The van der Waals surface area contributed by atoms with E-state index in [1.165, 1.54) is 148 Å². The Hall–Kier alpha value is -1.94. The summed E-state index contributed by atoms with van der Waals surface area (Å²) in [6, 6.07) is 0. The Morgan fingerprint density at radius 3 is 0.864 bits per heavy atom. The van der Waals surface area contributed by atoms with Crippen molar-refractivity contribution >= 4 is 39.5 Å². The van der Waals surface area contributed by atoms with E-state index in [1.807, 2.05) is 0 Å². The smallest absolute Gasteiger partial charge is 0.462 e. The van der Waals surface area contributed by atoms with Gasteiger partial charge in [-0.05, 0) is 43.4 Å². The molecule has 0 aliphatic rings. The van der Waals surface area contributed by atoms with E-state index < -0.39 is 97.5 Å². The van der Waals surface area contributed by atoms with Crippen molar-refractivity contribution in [3.05, 3.63) is 0 Å². The van der Waals surface area contributed by atoms with Gasteiger partial charge >= 0.3 is 39.5 Å². The van der Waals surface area contributed by atoms with Gasteiger partial charge in [-0.1, -0.05) is 292 Å². The van der Waals surface area contributed by atoms with Gasteiger partial charge in [0.2, 0.25) is 0 Å².